The Morgan fingerprint density at radius 2 is 1.74 bits per heavy atom. The van der Waals surface area contributed by atoms with Gasteiger partial charge in [-0.2, -0.15) is 0 Å². The molecule has 1 saturated heterocycles. The molecule has 1 fully saturated rings. The van der Waals surface area contributed by atoms with Crippen molar-refractivity contribution < 1.29 is 14.3 Å². The normalized spacial score (nSPS) is 15.4. The summed E-state index contributed by atoms with van der Waals surface area (Å²) in [5.74, 6) is -0.0712. The highest BCUT2D eigenvalue weighted by Crippen LogP contribution is 2.34. The molecule has 1 aliphatic rings. The summed E-state index contributed by atoms with van der Waals surface area (Å²) in [6.07, 6.45) is 5.55. The first kappa shape index (κ1) is 19.5. The molecule has 0 unspecified atom stereocenters. The van der Waals surface area contributed by atoms with Crippen LogP contribution in [-0.2, 0) is 9.53 Å². The molecule has 1 rings (SSSR count). The first-order valence-electron chi connectivity index (χ1n) is 8.52. The molecule has 0 saturated carbocycles. The van der Waals surface area contributed by atoms with Gasteiger partial charge in [-0.1, -0.05) is 32.8 Å². The Balaban J connectivity index is 2.37. The Morgan fingerprint density at radius 3 is 2.22 bits per heavy atom. The lowest BCUT2D eigenvalue weighted by Gasteiger charge is -2.34. The Hall–Kier alpha value is -1.56. The molecule has 2 amide bonds. The molecule has 6 nitrogen and oxygen atoms in total. The number of amides is 2. The summed E-state index contributed by atoms with van der Waals surface area (Å²) in [5.41, 5.74) is 5.53. The van der Waals surface area contributed by atoms with Crippen LogP contribution in [-0.4, -0.2) is 61.1 Å². The summed E-state index contributed by atoms with van der Waals surface area (Å²) in [7, 11) is 0. The molecular formula is C17H31N3O3. The van der Waals surface area contributed by atoms with Gasteiger partial charge in [0.05, 0.1) is 13.2 Å². The first-order valence-corrected chi connectivity index (χ1v) is 8.52. The number of hydrogen-bond acceptors (Lipinski definition) is 4. The van der Waals surface area contributed by atoms with Crippen LogP contribution in [0.1, 0.15) is 39.5 Å². The maximum Gasteiger partial charge on any atom is 0.409 e. The van der Waals surface area contributed by atoms with E-state index < -0.39 is 0 Å². The van der Waals surface area contributed by atoms with Gasteiger partial charge in [0, 0.05) is 26.2 Å². The van der Waals surface area contributed by atoms with E-state index in [0.717, 1.165) is 25.7 Å². The van der Waals surface area contributed by atoms with E-state index >= 15 is 0 Å². The summed E-state index contributed by atoms with van der Waals surface area (Å²) >= 11 is 0. The highest BCUT2D eigenvalue weighted by Gasteiger charge is 2.27. The van der Waals surface area contributed by atoms with Crippen LogP contribution in [0.25, 0.3) is 0 Å². The van der Waals surface area contributed by atoms with Gasteiger partial charge in [0.25, 0.3) is 0 Å². The van der Waals surface area contributed by atoms with Gasteiger partial charge >= 0.3 is 6.09 Å². The molecule has 23 heavy (non-hydrogen) atoms. The van der Waals surface area contributed by atoms with Gasteiger partial charge in [0.2, 0.25) is 5.91 Å². The van der Waals surface area contributed by atoms with E-state index in [0.29, 0.717) is 32.8 Å². The van der Waals surface area contributed by atoms with Crippen LogP contribution in [0.3, 0.4) is 0 Å². The minimum absolute atomic E-state index is 0.0177. The smallest absolute Gasteiger partial charge is 0.409 e. The quantitative estimate of drug-likeness (QED) is 0.693. The van der Waals surface area contributed by atoms with E-state index in [1.807, 2.05) is 6.08 Å². The van der Waals surface area contributed by atoms with Crippen molar-refractivity contribution >= 4 is 12.0 Å². The summed E-state index contributed by atoms with van der Waals surface area (Å²) in [6, 6.07) is 0. The maximum absolute atomic E-state index is 12.1. The molecule has 2 N–H and O–H groups in total. The van der Waals surface area contributed by atoms with Gasteiger partial charge in [0.1, 0.15) is 0 Å². The van der Waals surface area contributed by atoms with E-state index in [2.05, 4.69) is 20.4 Å². The minimum atomic E-state index is -0.287. The second-order valence-corrected chi connectivity index (χ2v) is 6.14. The van der Waals surface area contributed by atoms with E-state index in [1.165, 1.54) is 0 Å². The van der Waals surface area contributed by atoms with Crippen molar-refractivity contribution in [2.24, 2.45) is 11.1 Å². The Bertz CT molecular complexity index is 400. The molecule has 0 aromatic heterocycles. The molecule has 0 bridgehead atoms. The molecule has 0 atom stereocenters. The van der Waals surface area contributed by atoms with Crippen LogP contribution in [0, 0.1) is 5.41 Å². The number of carbonyl (C=O) groups excluding carboxylic acids is 2. The van der Waals surface area contributed by atoms with E-state index in [1.54, 1.807) is 9.80 Å². The second-order valence-electron chi connectivity index (χ2n) is 6.14. The number of carbonyl (C=O) groups is 2. The second kappa shape index (κ2) is 9.55. The molecule has 6 heteroatoms. The average Bonchev–Trinajstić information content (AvgIpc) is 2.60. The van der Waals surface area contributed by atoms with E-state index in [9.17, 15) is 9.59 Å². The third kappa shape index (κ3) is 5.53. The maximum atomic E-state index is 12.1. The zero-order valence-corrected chi connectivity index (χ0v) is 14.6. The largest absolute Gasteiger partial charge is 0.449 e. The zero-order valence-electron chi connectivity index (χ0n) is 14.6. The standard InChI is InChI=1S/C17H31N3O3/c1-4-7-17(5-2,6-3)8-13-23-16(22)20-11-9-19(10-12-20)15(21)14-18/h4H,1,5-14,18H2,2-3H3. The van der Waals surface area contributed by atoms with Gasteiger partial charge in [-0.15, -0.1) is 6.58 Å². The van der Waals surface area contributed by atoms with Gasteiger partial charge in [-0.25, -0.2) is 4.79 Å². The van der Waals surface area contributed by atoms with Crippen LogP contribution in [0.5, 0.6) is 0 Å². The summed E-state index contributed by atoms with van der Waals surface area (Å²) in [4.78, 5) is 27.0. The Kier molecular flexibility index (Phi) is 8.09. The third-order valence-electron chi connectivity index (χ3n) is 5.00. The van der Waals surface area contributed by atoms with Crippen molar-refractivity contribution in [3.63, 3.8) is 0 Å². The van der Waals surface area contributed by atoms with Crippen molar-refractivity contribution in [3.8, 4) is 0 Å². The molecule has 0 aliphatic carbocycles. The van der Waals surface area contributed by atoms with Crippen molar-refractivity contribution in [3.05, 3.63) is 12.7 Å². The number of hydrogen-bond donors (Lipinski definition) is 1. The van der Waals surface area contributed by atoms with Crippen LogP contribution in [0.15, 0.2) is 12.7 Å². The van der Waals surface area contributed by atoms with Gasteiger partial charge < -0.3 is 20.3 Å². The van der Waals surface area contributed by atoms with E-state index in [-0.39, 0.29) is 24.0 Å². The molecule has 1 aliphatic heterocycles. The van der Waals surface area contributed by atoms with Crippen LogP contribution >= 0.6 is 0 Å². The lowest BCUT2D eigenvalue weighted by molar-refractivity contribution is -0.131. The number of ether oxygens (including phenoxy) is 1. The molecule has 0 radical (unpaired) electrons. The fourth-order valence-corrected chi connectivity index (χ4v) is 3.01. The van der Waals surface area contributed by atoms with Crippen LogP contribution in [0.2, 0.25) is 0 Å². The van der Waals surface area contributed by atoms with Crippen LogP contribution < -0.4 is 5.73 Å². The lowest BCUT2D eigenvalue weighted by Crippen LogP contribution is -2.52. The molecular weight excluding hydrogens is 294 g/mol. The predicted octanol–water partition coefficient (Wildman–Crippen LogP) is 2.00. The zero-order chi connectivity index (χ0) is 17.3. The van der Waals surface area contributed by atoms with Crippen molar-refractivity contribution in [2.45, 2.75) is 39.5 Å². The van der Waals surface area contributed by atoms with Crippen molar-refractivity contribution in [1.82, 2.24) is 9.80 Å². The van der Waals surface area contributed by atoms with E-state index in [4.69, 9.17) is 10.5 Å². The van der Waals surface area contributed by atoms with Gasteiger partial charge in [0.15, 0.2) is 0 Å². The SMILES string of the molecule is C=CCC(CC)(CC)CCOC(=O)N1CCN(C(=O)CN)CC1. The van der Waals surface area contributed by atoms with Crippen molar-refractivity contribution in [2.75, 3.05) is 39.3 Å². The molecule has 132 valence electrons. The summed E-state index contributed by atoms with van der Waals surface area (Å²) in [5, 5.41) is 0. The lowest BCUT2D eigenvalue weighted by atomic mass is 9.77. The average molecular weight is 325 g/mol. The summed E-state index contributed by atoms with van der Waals surface area (Å²) in [6.45, 7) is 10.7. The van der Waals surface area contributed by atoms with Crippen molar-refractivity contribution in [1.29, 1.82) is 0 Å². The number of rotatable bonds is 8. The fraction of sp³-hybridized carbons (Fsp3) is 0.765. The number of nitrogens with two attached hydrogens (primary N) is 1. The fourth-order valence-electron chi connectivity index (χ4n) is 3.01. The topological polar surface area (TPSA) is 75.9 Å². The molecule has 1 heterocycles. The monoisotopic (exact) mass is 325 g/mol. The van der Waals surface area contributed by atoms with Gasteiger partial charge in [-0.05, 0) is 18.3 Å². The highest BCUT2D eigenvalue weighted by molar-refractivity contribution is 5.78. The highest BCUT2D eigenvalue weighted by atomic mass is 16.6. The van der Waals surface area contributed by atoms with Gasteiger partial charge in [-0.3, -0.25) is 4.79 Å². The third-order valence-corrected chi connectivity index (χ3v) is 5.00. The number of allylic oxidation sites excluding steroid dienone is 1. The van der Waals surface area contributed by atoms with Crippen LogP contribution in [0.4, 0.5) is 4.79 Å². The number of nitrogens with zero attached hydrogens (tertiary/aromatic N) is 2. The summed E-state index contributed by atoms with van der Waals surface area (Å²) < 4.78 is 5.43. The molecule has 0 spiro atoms. The predicted molar refractivity (Wildman–Crippen MR) is 91.0 cm³/mol. The molecule has 0 aromatic carbocycles. The Morgan fingerprint density at radius 1 is 1.17 bits per heavy atom. The first-order chi connectivity index (χ1) is 11.0. The number of piperazine rings is 1. The molecule has 0 aromatic rings. The Labute approximate surface area is 139 Å². The minimum Gasteiger partial charge on any atom is -0.449 e.